The van der Waals surface area contributed by atoms with E-state index in [4.69, 9.17) is 15.2 Å². The van der Waals surface area contributed by atoms with E-state index in [1.54, 1.807) is 19.1 Å². The molecule has 0 saturated heterocycles. The van der Waals surface area contributed by atoms with E-state index in [0.29, 0.717) is 42.2 Å². The monoisotopic (exact) mass is 438 g/mol. The normalized spacial score (nSPS) is 14.5. The predicted molar refractivity (Wildman–Crippen MR) is 120 cm³/mol. The van der Waals surface area contributed by atoms with E-state index in [1.165, 1.54) is 17.0 Å². The number of benzene rings is 1. The number of amides is 1. The SMILES string of the molecule is CCn1c(NC(=O)c2cnc(N)nc2)nc2c3c(ccc2c1=O)OCCCCCCCO3. The number of nitrogen functional groups attached to an aromatic ring is 1. The molecule has 10 nitrogen and oxygen atoms in total. The summed E-state index contributed by atoms with van der Waals surface area (Å²) < 4.78 is 13.4. The fraction of sp³-hybridized carbons (Fsp3) is 0.409. The predicted octanol–water partition coefficient (Wildman–Crippen LogP) is 2.76. The zero-order valence-electron chi connectivity index (χ0n) is 18.0. The van der Waals surface area contributed by atoms with Crippen molar-refractivity contribution in [2.45, 2.75) is 45.6 Å². The van der Waals surface area contributed by atoms with Crippen LogP contribution >= 0.6 is 0 Å². The molecule has 0 saturated carbocycles. The van der Waals surface area contributed by atoms with Crippen LogP contribution in [-0.2, 0) is 6.54 Å². The maximum Gasteiger partial charge on any atom is 0.262 e. The minimum Gasteiger partial charge on any atom is -0.490 e. The smallest absolute Gasteiger partial charge is 0.262 e. The van der Waals surface area contributed by atoms with Crippen LogP contribution in [0.5, 0.6) is 11.5 Å². The van der Waals surface area contributed by atoms with Crippen molar-refractivity contribution in [3.63, 3.8) is 0 Å². The summed E-state index contributed by atoms with van der Waals surface area (Å²) in [5.74, 6) is 0.646. The second-order valence-corrected chi connectivity index (χ2v) is 7.52. The van der Waals surface area contributed by atoms with Gasteiger partial charge in [0.1, 0.15) is 5.52 Å². The van der Waals surface area contributed by atoms with Gasteiger partial charge in [-0.1, -0.05) is 19.3 Å². The fourth-order valence-corrected chi connectivity index (χ4v) is 3.61. The van der Waals surface area contributed by atoms with E-state index < -0.39 is 5.91 Å². The molecule has 3 heterocycles. The molecule has 0 fully saturated rings. The average Bonchev–Trinajstić information content (AvgIpc) is 2.84. The summed E-state index contributed by atoms with van der Waals surface area (Å²) in [4.78, 5) is 38.2. The van der Waals surface area contributed by atoms with Gasteiger partial charge < -0.3 is 15.2 Å². The Morgan fingerprint density at radius 3 is 2.50 bits per heavy atom. The second kappa shape index (κ2) is 9.63. The van der Waals surface area contributed by atoms with Crippen LogP contribution in [0.15, 0.2) is 29.3 Å². The largest absolute Gasteiger partial charge is 0.490 e. The number of carbonyl (C=O) groups excluding carboxylic acids is 1. The number of rotatable bonds is 3. The van der Waals surface area contributed by atoms with Gasteiger partial charge >= 0.3 is 0 Å². The minimum atomic E-state index is -0.501. The molecule has 0 atom stereocenters. The van der Waals surface area contributed by atoms with Crippen LogP contribution in [0.3, 0.4) is 0 Å². The number of hydrogen-bond donors (Lipinski definition) is 2. The van der Waals surface area contributed by atoms with Gasteiger partial charge in [0.2, 0.25) is 11.9 Å². The van der Waals surface area contributed by atoms with Gasteiger partial charge in [-0.05, 0) is 31.9 Å². The number of ether oxygens (including phenoxy) is 2. The van der Waals surface area contributed by atoms with Crippen molar-refractivity contribution in [3.05, 3.63) is 40.4 Å². The lowest BCUT2D eigenvalue weighted by Crippen LogP contribution is -2.27. The van der Waals surface area contributed by atoms with Crippen LogP contribution in [0.1, 0.15) is 49.4 Å². The second-order valence-electron chi connectivity index (χ2n) is 7.52. The van der Waals surface area contributed by atoms with Gasteiger partial charge in [0.15, 0.2) is 11.5 Å². The molecule has 4 rings (SSSR count). The van der Waals surface area contributed by atoms with Crippen molar-refractivity contribution in [2.24, 2.45) is 0 Å². The molecule has 0 unspecified atom stereocenters. The van der Waals surface area contributed by atoms with Crippen LogP contribution in [-0.4, -0.2) is 38.6 Å². The van der Waals surface area contributed by atoms with E-state index in [2.05, 4.69) is 20.3 Å². The molecule has 2 aromatic heterocycles. The third-order valence-corrected chi connectivity index (χ3v) is 5.31. The molecule has 1 aromatic carbocycles. The molecular formula is C22H26N6O4. The Morgan fingerprint density at radius 1 is 1.09 bits per heavy atom. The summed E-state index contributed by atoms with van der Waals surface area (Å²) >= 11 is 0. The molecule has 10 heteroatoms. The zero-order valence-corrected chi connectivity index (χ0v) is 18.0. The fourth-order valence-electron chi connectivity index (χ4n) is 3.61. The van der Waals surface area contributed by atoms with E-state index >= 15 is 0 Å². The van der Waals surface area contributed by atoms with E-state index in [0.717, 1.165) is 32.1 Å². The standard InChI is InChI=1S/C22H26N6O4/c1-2-28-20(30)15-8-9-16-18(32-11-7-5-3-4-6-10-31-16)17(15)26-22(28)27-19(29)14-12-24-21(23)25-13-14/h8-9,12-13H,2-7,10-11H2,1H3,(H2,23,24,25)(H,26,27,29). The summed E-state index contributed by atoms with van der Waals surface area (Å²) in [7, 11) is 0. The number of nitrogens with one attached hydrogen (secondary N) is 1. The van der Waals surface area contributed by atoms with Gasteiger partial charge in [-0.3, -0.25) is 19.5 Å². The first-order chi connectivity index (χ1) is 15.6. The van der Waals surface area contributed by atoms with Crippen LogP contribution in [0.25, 0.3) is 10.9 Å². The number of nitrogens with two attached hydrogens (primary N) is 1. The molecule has 0 radical (unpaired) electrons. The molecule has 1 aliphatic rings. The van der Waals surface area contributed by atoms with Gasteiger partial charge in [0.25, 0.3) is 11.5 Å². The van der Waals surface area contributed by atoms with Gasteiger partial charge in [0, 0.05) is 18.9 Å². The summed E-state index contributed by atoms with van der Waals surface area (Å²) in [6.07, 6.45) is 7.79. The lowest BCUT2D eigenvalue weighted by atomic mass is 10.1. The number of anilines is 2. The molecule has 0 bridgehead atoms. The van der Waals surface area contributed by atoms with Crippen molar-refractivity contribution in [1.82, 2.24) is 19.5 Å². The maximum atomic E-state index is 13.2. The Morgan fingerprint density at radius 2 is 1.78 bits per heavy atom. The summed E-state index contributed by atoms with van der Waals surface area (Å²) in [6.45, 7) is 3.19. The van der Waals surface area contributed by atoms with Crippen molar-refractivity contribution in [2.75, 3.05) is 24.3 Å². The highest BCUT2D eigenvalue weighted by Gasteiger charge is 2.20. The van der Waals surface area contributed by atoms with Gasteiger partial charge in [-0.15, -0.1) is 0 Å². The third kappa shape index (κ3) is 4.48. The van der Waals surface area contributed by atoms with Crippen molar-refractivity contribution in [3.8, 4) is 11.5 Å². The van der Waals surface area contributed by atoms with Crippen molar-refractivity contribution < 1.29 is 14.3 Å². The lowest BCUT2D eigenvalue weighted by Gasteiger charge is -2.17. The Hall–Kier alpha value is -3.69. The Kier molecular flexibility index (Phi) is 6.48. The minimum absolute atomic E-state index is 0.0640. The van der Waals surface area contributed by atoms with Crippen LogP contribution in [0.4, 0.5) is 11.9 Å². The highest BCUT2D eigenvalue weighted by molar-refractivity contribution is 6.03. The zero-order chi connectivity index (χ0) is 22.5. The lowest BCUT2D eigenvalue weighted by molar-refractivity contribution is 0.102. The first-order valence-electron chi connectivity index (χ1n) is 10.8. The highest BCUT2D eigenvalue weighted by Crippen LogP contribution is 2.35. The molecule has 32 heavy (non-hydrogen) atoms. The Bertz CT molecular complexity index is 1180. The van der Waals surface area contributed by atoms with Gasteiger partial charge in [-0.25, -0.2) is 15.0 Å². The number of carbonyl (C=O) groups is 1. The average molecular weight is 438 g/mol. The molecular weight excluding hydrogens is 412 g/mol. The Balaban J connectivity index is 1.78. The van der Waals surface area contributed by atoms with Crippen LogP contribution in [0.2, 0.25) is 0 Å². The van der Waals surface area contributed by atoms with E-state index in [9.17, 15) is 9.59 Å². The van der Waals surface area contributed by atoms with Crippen molar-refractivity contribution >= 4 is 28.7 Å². The molecule has 168 valence electrons. The molecule has 1 aliphatic heterocycles. The maximum absolute atomic E-state index is 13.2. The van der Waals surface area contributed by atoms with Crippen molar-refractivity contribution in [1.29, 1.82) is 0 Å². The number of nitrogens with zero attached hydrogens (tertiary/aromatic N) is 4. The molecule has 3 aromatic rings. The topological polar surface area (TPSA) is 134 Å². The highest BCUT2D eigenvalue weighted by atomic mass is 16.5. The van der Waals surface area contributed by atoms with Crippen LogP contribution in [0, 0.1) is 0 Å². The number of hydrogen-bond acceptors (Lipinski definition) is 8. The first-order valence-corrected chi connectivity index (χ1v) is 10.8. The third-order valence-electron chi connectivity index (χ3n) is 5.31. The van der Waals surface area contributed by atoms with Gasteiger partial charge in [-0.2, -0.15) is 0 Å². The number of fused-ring (bicyclic) bond motifs is 3. The van der Waals surface area contributed by atoms with Crippen LogP contribution < -0.4 is 26.1 Å². The Labute approximate surface area is 184 Å². The summed E-state index contributed by atoms with van der Waals surface area (Å²) in [5.41, 5.74) is 5.77. The van der Waals surface area contributed by atoms with Gasteiger partial charge in [0.05, 0.1) is 24.2 Å². The molecule has 0 spiro atoms. The molecule has 3 N–H and O–H groups in total. The van der Waals surface area contributed by atoms with E-state index in [-0.39, 0.29) is 23.0 Å². The number of aromatic nitrogens is 4. The molecule has 0 aliphatic carbocycles. The quantitative estimate of drug-likeness (QED) is 0.637. The first kappa shape index (κ1) is 21.5. The molecule has 1 amide bonds. The van der Waals surface area contributed by atoms with E-state index in [1.807, 2.05) is 0 Å². The summed E-state index contributed by atoms with van der Waals surface area (Å²) in [6, 6.07) is 3.45. The summed E-state index contributed by atoms with van der Waals surface area (Å²) in [5, 5.41) is 3.09.